The fourth-order valence-electron chi connectivity index (χ4n) is 4.69. The minimum absolute atomic E-state index is 0.204. The SMILES string of the molecule is COc1ccc([C@H]2[C@H]3CNC[C@H]3CN2S(=O)(=O)c2ccc3oc(=O)ccc3c2)cc1. The van der Waals surface area contributed by atoms with E-state index >= 15 is 0 Å². The Kier molecular flexibility index (Phi) is 4.65. The van der Waals surface area contributed by atoms with Gasteiger partial charge in [0, 0.05) is 24.5 Å². The molecule has 0 aliphatic carbocycles. The van der Waals surface area contributed by atoms with Gasteiger partial charge in [-0.15, -0.1) is 0 Å². The predicted molar refractivity (Wildman–Crippen MR) is 112 cm³/mol. The zero-order chi connectivity index (χ0) is 20.9. The van der Waals surface area contributed by atoms with Gasteiger partial charge in [0.1, 0.15) is 11.3 Å². The van der Waals surface area contributed by atoms with Crippen molar-refractivity contribution >= 4 is 21.0 Å². The highest BCUT2D eigenvalue weighted by molar-refractivity contribution is 7.89. The predicted octanol–water partition coefficient (Wildman–Crippen LogP) is 2.38. The van der Waals surface area contributed by atoms with Crippen LogP contribution in [0.15, 0.2) is 68.7 Å². The van der Waals surface area contributed by atoms with E-state index in [1.54, 1.807) is 29.6 Å². The van der Waals surface area contributed by atoms with Crippen LogP contribution in [0.2, 0.25) is 0 Å². The van der Waals surface area contributed by atoms with Gasteiger partial charge in [-0.05, 0) is 60.3 Å². The number of nitrogens with one attached hydrogen (secondary N) is 1. The lowest BCUT2D eigenvalue weighted by Gasteiger charge is -2.28. The number of benzene rings is 2. The van der Waals surface area contributed by atoms with Crippen LogP contribution < -0.4 is 15.7 Å². The third kappa shape index (κ3) is 3.12. The molecular formula is C22H22N2O5S. The van der Waals surface area contributed by atoms with E-state index in [9.17, 15) is 13.2 Å². The highest BCUT2D eigenvalue weighted by atomic mass is 32.2. The maximum absolute atomic E-state index is 13.7. The molecule has 3 heterocycles. The molecule has 1 aromatic heterocycles. The minimum atomic E-state index is -3.74. The molecule has 2 fully saturated rings. The number of fused-ring (bicyclic) bond motifs is 2. The van der Waals surface area contributed by atoms with E-state index in [1.165, 1.54) is 12.1 Å². The fourth-order valence-corrected chi connectivity index (χ4v) is 6.44. The maximum atomic E-state index is 13.7. The van der Waals surface area contributed by atoms with Crippen molar-refractivity contribution in [3.63, 3.8) is 0 Å². The lowest BCUT2D eigenvalue weighted by molar-refractivity contribution is 0.345. The molecule has 5 rings (SSSR count). The van der Waals surface area contributed by atoms with Crippen molar-refractivity contribution in [2.24, 2.45) is 11.8 Å². The second-order valence-corrected chi connectivity index (χ2v) is 9.72. The molecule has 0 amide bonds. The highest BCUT2D eigenvalue weighted by Gasteiger charge is 2.49. The van der Waals surface area contributed by atoms with Gasteiger partial charge in [0.15, 0.2) is 0 Å². The summed E-state index contributed by atoms with van der Waals surface area (Å²) in [4.78, 5) is 11.6. The molecule has 0 bridgehead atoms. The maximum Gasteiger partial charge on any atom is 0.336 e. The summed E-state index contributed by atoms with van der Waals surface area (Å²) in [6.45, 7) is 2.07. The fraction of sp³-hybridized carbons (Fsp3) is 0.318. The van der Waals surface area contributed by atoms with Crippen molar-refractivity contribution in [1.29, 1.82) is 0 Å². The number of ether oxygens (including phenoxy) is 1. The molecule has 2 aliphatic heterocycles. The van der Waals surface area contributed by atoms with Crippen molar-refractivity contribution < 1.29 is 17.6 Å². The van der Waals surface area contributed by atoms with Crippen molar-refractivity contribution in [2.75, 3.05) is 26.7 Å². The summed E-state index contributed by atoms with van der Waals surface area (Å²) in [5, 5.41) is 3.98. The second kappa shape index (κ2) is 7.23. The molecule has 0 unspecified atom stereocenters. The quantitative estimate of drug-likeness (QED) is 0.645. The zero-order valence-electron chi connectivity index (χ0n) is 16.4. The van der Waals surface area contributed by atoms with E-state index < -0.39 is 15.6 Å². The van der Waals surface area contributed by atoms with Gasteiger partial charge in [-0.2, -0.15) is 4.31 Å². The summed E-state index contributed by atoms with van der Waals surface area (Å²) >= 11 is 0. The van der Waals surface area contributed by atoms with E-state index in [2.05, 4.69) is 5.32 Å². The molecule has 2 aromatic carbocycles. The molecular weight excluding hydrogens is 404 g/mol. The standard InChI is InChI=1S/C22H22N2O5S/c1-28-17-5-2-14(3-6-17)22-19-12-23-11-16(19)13-24(22)30(26,27)18-7-8-20-15(10-18)4-9-21(25)29-20/h2-10,16,19,22-23H,11-13H2,1H3/t16-,19-,22-/m0/s1. The monoisotopic (exact) mass is 426 g/mol. The smallest absolute Gasteiger partial charge is 0.336 e. The van der Waals surface area contributed by atoms with E-state index in [-0.39, 0.29) is 22.8 Å². The Hall–Kier alpha value is -2.68. The third-order valence-corrected chi connectivity index (χ3v) is 8.02. The average Bonchev–Trinajstić information content (AvgIpc) is 3.35. The van der Waals surface area contributed by atoms with Crippen LogP contribution in [-0.2, 0) is 10.0 Å². The largest absolute Gasteiger partial charge is 0.497 e. The van der Waals surface area contributed by atoms with Gasteiger partial charge in [-0.3, -0.25) is 0 Å². The molecule has 3 aromatic rings. The molecule has 8 heteroatoms. The zero-order valence-corrected chi connectivity index (χ0v) is 17.3. The number of sulfonamides is 1. The van der Waals surface area contributed by atoms with Crippen LogP contribution in [0.4, 0.5) is 0 Å². The van der Waals surface area contributed by atoms with Crippen molar-refractivity contribution in [3.05, 3.63) is 70.6 Å². The molecule has 2 aliphatic rings. The van der Waals surface area contributed by atoms with Crippen molar-refractivity contribution in [1.82, 2.24) is 9.62 Å². The molecule has 1 N–H and O–H groups in total. The first-order valence-corrected chi connectivity index (χ1v) is 11.3. The summed E-state index contributed by atoms with van der Waals surface area (Å²) in [6.07, 6.45) is 0. The molecule has 2 saturated heterocycles. The summed E-state index contributed by atoms with van der Waals surface area (Å²) in [6, 6.07) is 14.9. The van der Waals surface area contributed by atoms with Crippen LogP contribution in [-0.4, -0.2) is 39.5 Å². The van der Waals surface area contributed by atoms with Gasteiger partial charge in [-0.25, -0.2) is 13.2 Å². The second-order valence-electron chi connectivity index (χ2n) is 7.83. The number of methoxy groups -OCH3 is 1. The summed E-state index contributed by atoms with van der Waals surface area (Å²) < 4.78 is 39.4. The van der Waals surface area contributed by atoms with Gasteiger partial charge in [0.2, 0.25) is 10.0 Å². The average molecular weight is 426 g/mol. The first-order chi connectivity index (χ1) is 14.5. The van der Waals surface area contributed by atoms with Gasteiger partial charge >= 0.3 is 5.63 Å². The molecule has 3 atom stereocenters. The third-order valence-electron chi connectivity index (χ3n) is 6.18. The topological polar surface area (TPSA) is 88.8 Å². The molecule has 156 valence electrons. The number of rotatable bonds is 4. The first-order valence-electron chi connectivity index (χ1n) is 9.88. The van der Waals surface area contributed by atoms with Crippen molar-refractivity contribution in [3.8, 4) is 5.75 Å². The Morgan fingerprint density at radius 2 is 1.87 bits per heavy atom. The summed E-state index contributed by atoms with van der Waals surface area (Å²) in [5.74, 6) is 1.22. The Balaban J connectivity index is 1.57. The summed E-state index contributed by atoms with van der Waals surface area (Å²) in [5.41, 5.74) is 0.871. The van der Waals surface area contributed by atoms with Gasteiger partial charge in [0.05, 0.1) is 18.0 Å². The van der Waals surface area contributed by atoms with Crippen LogP contribution in [0.25, 0.3) is 11.0 Å². The van der Waals surface area contributed by atoms with E-state index in [4.69, 9.17) is 9.15 Å². The number of nitrogens with zero attached hydrogens (tertiary/aromatic N) is 1. The lowest BCUT2D eigenvalue weighted by Crippen LogP contribution is -2.34. The minimum Gasteiger partial charge on any atom is -0.497 e. The molecule has 0 radical (unpaired) electrons. The summed E-state index contributed by atoms with van der Waals surface area (Å²) in [7, 11) is -2.13. The molecule has 30 heavy (non-hydrogen) atoms. The lowest BCUT2D eigenvalue weighted by atomic mass is 9.90. The molecule has 0 saturated carbocycles. The first kappa shape index (κ1) is 19.3. The van der Waals surface area contributed by atoms with E-state index in [1.807, 2.05) is 24.3 Å². The number of hydrogen-bond donors (Lipinski definition) is 1. The highest BCUT2D eigenvalue weighted by Crippen LogP contribution is 2.45. The Bertz CT molecular complexity index is 1250. The van der Waals surface area contributed by atoms with Gasteiger partial charge < -0.3 is 14.5 Å². The van der Waals surface area contributed by atoms with Crippen LogP contribution in [0.5, 0.6) is 5.75 Å². The van der Waals surface area contributed by atoms with Crippen LogP contribution in [0.1, 0.15) is 11.6 Å². The van der Waals surface area contributed by atoms with Gasteiger partial charge in [0.25, 0.3) is 0 Å². The molecule has 7 nitrogen and oxygen atoms in total. The van der Waals surface area contributed by atoms with Crippen molar-refractivity contribution in [2.45, 2.75) is 10.9 Å². The Labute approximate surface area is 174 Å². The van der Waals surface area contributed by atoms with Crippen LogP contribution in [0.3, 0.4) is 0 Å². The van der Waals surface area contributed by atoms with E-state index in [0.717, 1.165) is 24.4 Å². The normalized spacial score (nSPS) is 24.2. The van der Waals surface area contributed by atoms with Gasteiger partial charge in [-0.1, -0.05) is 12.1 Å². The van der Waals surface area contributed by atoms with Crippen LogP contribution >= 0.6 is 0 Å². The number of hydrogen-bond acceptors (Lipinski definition) is 6. The Morgan fingerprint density at radius 3 is 2.63 bits per heavy atom. The van der Waals surface area contributed by atoms with Crippen LogP contribution in [0, 0.1) is 11.8 Å². The van der Waals surface area contributed by atoms with E-state index in [0.29, 0.717) is 17.5 Å². The molecule has 0 spiro atoms. The Morgan fingerprint density at radius 1 is 1.07 bits per heavy atom.